The quantitative estimate of drug-likeness (QED) is 0.572. The van der Waals surface area contributed by atoms with Crippen molar-refractivity contribution in [1.29, 1.82) is 0 Å². The van der Waals surface area contributed by atoms with E-state index in [1.54, 1.807) is 0 Å². The fraction of sp³-hybridized carbons (Fsp3) is 0.304. The van der Waals surface area contributed by atoms with E-state index in [2.05, 4.69) is 100 Å². The molecule has 2 heteroatoms. The summed E-state index contributed by atoms with van der Waals surface area (Å²) >= 11 is 3.53. The molecule has 128 valence electrons. The van der Waals surface area contributed by atoms with Gasteiger partial charge >= 0.3 is 0 Å². The highest BCUT2D eigenvalue weighted by atomic mass is 79.9. The monoisotopic (exact) mass is 393 g/mol. The molecule has 1 saturated heterocycles. The van der Waals surface area contributed by atoms with Crippen LogP contribution >= 0.6 is 15.9 Å². The van der Waals surface area contributed by atoms with Gasteiger partial charge in [0.05, 0.1) is 0 Å². The van der Waals surface area contributed by atoms with E-state index >= 15 is 0 Å². The van der Waals surface area contributed by atoms with Gasteiger partial charge in [0.1, 0.15) is 0 Å². The summed E-state index contributed by atoms with van der Waals surface area (Å²) in [6.45, 7) is 6.42. The maximum Gasteiger partial charge on any atom is 0.0367 e. The molecule has 0 bridgehead atoms. The zero-order valence-electron chi connectivity index (χ0n) is 14.4. The van der Waals surface area contributed by atoms with Crippen molar-refractivity contribution in [2.45, 2.75) is 6.42 Å². The van der Waals surface area contributed by atoms with Gasteiger partial charge in [-0.2, -0.15) is 0 Å². The van der Waals surface area contributed by atoms with Gasteiger partial charge in [-0.15, -0.1) is 6.58 Å². The number of hydrogen-bond donors (Lipinski definition) is 0. The molecule has 2 fully saturated rings. The van der Waals surface area contributed by atoms with Crippen LogP contribution in [0.3, 0.4) is 0 Å². The van der Waals surface area contributed by atoms with Crippen molar-refractivity contribution in [3.05, 3.63) is 83.4 Å². The minimum atomic E-state index is 0.635. The molecule has 2 aromatic carbocycles. The van der Waals surface area contributed by atoms with Crippen LogP contribution in [0.4, 0.5) is 5.69 Å². The Bertz CT molecular complexity index is 749. The van der Waals surface area contributed by atoms with Crippen LogP contribution < -0.4 is 4.90 Å². The first-order chi connectivity index (χ1) is 12.2. The summed E-state index contributed by atoms with van der Waals surface area (Å²) in [4.78, 5) is 2.56. The standard InChI is InChI=1S/C23H24BrN/c1-2-18-14-19(9-8-17-6-4-3-5-7-17)23-16-25(15-22(18)23)21-12-10-20(24)11-13-21/h2-13,18-19,22-23H,1,14-16H2/b9-8+/t18-,19+,22-,23+/m0/s1. The van der Waals surface area contributed by atoms with E-state index in [1.807, 2.05) is 0 Å². The van der Waals surface area contributed by atoms with Crippen molar-refractivity contribution < 1.29 is 0 Å². The predicted octanol–water partition coefficient (Wildman–Crippen LogP) is 6.04. The van der Waals surface area contributed by atoms with E-state index in [-0.39, 0.29) is 0 Å². The summed E-state index contributed by atoms with van der Waals surface area (Å²) in [6, 6.07) is 19.4. The number of halogens is 1. The highest BCUT2D eigenvalue weighted by Crippen LogP contribution is 2.48. The zero-order valence-corrected chi connectivity index (χ0v) is 16.0. The summed E-state index contributed by atoms with van der Waals surface area (Å²) in [7, 11) is 0. The molecule has 4 atom stereocenters. The van der Waals surface area contributed by atoms with E-state index in [0.717, 1.165) is 29.4 Å². The van der Waals surface area contributed by atoms with Gasteiger partial charge in [-0.25, -0.2) is 0 Å². The summed E-state index contributed by atoms with van der Waals surface area (Å²) in [6.07, 6.45) is 8.19. The predicted molar refractivity (Wildman–Crippen MR) is 111 cm³/mol. The second-order valence-corrected chi connectivity index (χ2v) is 8.19. The average Bonchev–Trinajstić information content (AvgIpc) is 3.21. The van der Waals surface area contributed by atoms with Crippen molar-refractivity contribution in [3.63, 3.8) is 0 Å². The van der Waals surface area contributed by atoms with Crippen LogP contribution in [0.2, 0.25) is 0 Å². The fourth-order valence-corrected chi connectivity index (χ4v) is 4.84. The molecule has 0 amide bonds. The Morgan fingerprint density at radius 2 is 1.60 bits per heavy atom. The Labute approximate surface area is 159 Å². The van der Waals surface area contributed by atoms with Crippen molar-refractivity contribution in [1.82, 2.24) is 0 Å². The van der Waals surface area contributed by atoms with Crippen LogP contribution in [-0.2, 0) is 0 Å². The molecule has 2 aliphatic rings. The second kappa shape index (κ2) is 7.21. The summed E-state index contributed by atoms with van der Waals surface area (Å²) in [5, 5.41) is 0. The Balaban J connectivity index is 1.52. The highest BCUT2D eigenvalue weighted by Gasteiger charge is 2.46. The third-order valence-electron chi connectivity index (χ3n) is 5.89. The molecule has 1 saturated carbocycles. The molecule has 1 nitrogen and oxygen atoms in total. The minimum absolute atomic E-state index is 0.635. The molecule has 0 radical (unpaired) electrons. The number of hydrogen-bond acceptors (Lipinski definition) is 1. The topological polar surface area (TPSA) is 3.24 Å². The lowest BCUT2D eigenvalue weighted by Gasteiger charge is -2.22. The van der Waals surface area contributed by atoms with Gasteiger partial charge in [-0.1, -0.05) is 64.5 Å². The lowest BCUT2D eigenvalue weighted by atomic mass is 9.90. The molecule has 1 heterocycles. The lowest BCUT2D eigenvalue weighted by molar-refractivity contribution is 0.413. The molecule has 0 N–H and O–H groups in total. The van der Waals surface area contributed by atoms with Crippen LogP contribution in [-0.4, -0.2) is 13.1 Å². The van der Waals surface area contributed by atoms with Crippen molar-refractivity contribution in [3.8, 4) is 0 Å². The minimum Gasteiger partial charge on any atom is -0.371 e. The Morgan fingerprint density at radius 1 is 0.920 bits per heavy atom. The molecular formula is C23H24BrN. The van der Waals surface area contributed by atoms with E-state index in [1.165, 1.54) is 17.7 Å². The van der Waals surface area contributed by atoms with Crippen molar-refractivity contribution in [2.75, 3.05) is 18.0 Å². The van der Waals surface area contributed by atoms with Crippen LogP contribution in [0.15, 0.2) is 77.8 Å². The number of anilines is 1. The lowest BCUT2D eigenvalue weighted by Crippen LogP contribution is -2.23. The number of allylic oxidation sites excluding steroid dienone is 2. The number of rotatable bonds is 4. The Kier molecular flexibility index (Phi) is 4.80. The first-order valence-corrected chi connectivity index (χ1v) is 9.90. The maximum atomic E-state index is 4.12. The van der Waals surface area contributed by atoms with Gasteiger partial charge in [0.2, 0.25) is 0 Å². The molecular weight excluding hydrogens is 370 g/mol. The summed E-state index contributed by atoms with van der Waals surface area (Å²) in [5.41, 5.74) is 2.63. The van der Waals surface area contributed by atoms with E-state index < -0.39 is 0 Å². The third-order valence-corrected chi connectivity index (χ3v) is 6.42. The average molecular weight is 394 g/mol. The molecule has 2 aromatic rings. The maximum absolute atomic E-state index is 4.12. The molecule has 1 aliphatic carbocycles. The van der Waals surface area contributed by atoms with Gasteiger partial charge in [0.25, 0.3) is 0 Å². The Morgan fingerprint density at radius 3 is 2.28 bits per heavy atom. The van der Waals surface area contributed by atoms with Gasteiger partial charge in [-0.3, -0.25) is 0 Å². The first kappa shape index (κ1) is 16.7. The molecule has 0 unspecified atom stereocenters. The van der Waals surface area contributed by atoms with E-state index in [0.29, 0.717) is 11.8 Å². The largest absolute Gasteiger partial charge is 0.371 e. The van der Waals surface area contributed by atoms with E-state index in [9.17, 15) is 0 Å². The van der Waals surface area contributed by atoms with Gasteiger partial charge in [0.15, 0.2) is 0 Å². The van der Waals surface area contributed by atoms with Gasteiger partial charge in [0, 0.05) is 23.2 Å². The van der Waals surface area contributed by atoms with Crippen LogP contribution in [0.5, 0.6) is 0 Å². The molecule has 0 spiro atoms. The highest BCUT2D eigenvalue weighted by molar-refractivity contribution is 9.10. The normalized spacial score (nSPS) is 28.4. The van der Waals surface area contributed by atoms with Crippen LogP contribution in [0.25, 0.3) is 6.08 Å². The number of benzene rings is 2. The van der Waals surface area contributed by atoms with Crippen LogP contribution in [0, 0.1) is 23.7 Å². The zero-order chi connectivity index (χ0) is 17.2. The first-order valence-electron chi connectivity index (χ1n) is 9.11. The SMILES string of the molecule is C=C[C@H]1C[C@@H](/C=C/c2ccccc2)[C@H]2CN(c3ccc(Br)cc3)C[C@H]21. The number of nitrogens with zero attached hydrogens (tertiary/aromatic N) is 1. The van der Waals surface area contributed by atoms with Crippen molar-refractivity contribution >= 4 is 27.7 Å². The van der Waals surface area contributed by atoms with Crippen LogP contribution in [0.1, 0.15) is 12.0 Å². The molecule has 25 heavy (non-hydrogen) atoms. The summed E-state index contributed by atoms with van der Waals surface area (Å²) < 4.78 is 1.14. The van der Waals surface area contributed by atoms with Gasteiger partial charge < -0.3 is 4.90 Å². The molecule has 0 aromatic heterocycles. The van der Waals surface area contributed by atoms with E-state index in [4.69, 9.17) is 0 Å². The van der Waals surface area contributed by atoms with Gasteiger partial charge in [-0.05, 0) is 59.9 Å². The smallest absolute Gasteiger partial charge is 0.0367 e. The molecule has 4 rings (SSSR count). The molecule has 1 aliphatic heterocycles. The van der Waals surface area contributed by atoms with Crippen molar-refractivity contribution in [2.24, 2.45) is 23.7 Å². The summed E-state index contributed by atoms with van der Waals surface area (Å²) in [5.74, 6) is 2.74. The fourth-order valence-electron chi connectivity index (χ4n) is 4.58. The Hall–Kier alpha value is -1.80. The number of fused-ring (bicyclic) bond motifs is 1. The second-order valence-electron chi connectivity index (χ2n) is 7.28. The third kappa shape index (κ3) is 3.46.